The molecule has 24 heavy (non-hydrogen) atoms. The molecule has 1 aliphatic heterocycles. The van der Waals surface area contributed by atoms with Gasteiger partial charge in [0.15, 0.2) is 0 Å². The van der Waals surface area contributed by atoms with Crippen LogP contribution in [0.4, 0.5) is 4.79 Å². The number of rotatable bonds is 4. The summed E-state index contributed by atoms with van der Waals surface area (Å²) in [6.07, 6.45) is 5.44. The van der Waals surface area contributed by atoms with Gasteiger partial charge < -0.3 is 19.9 Å². The molecule has 0 bridgehead atoms. The molecular formula is C18H21N3O3. The third-order valence-electron chi connectivity index (χ3n) is 4.32. The number of carbonyl (C=O) groups excluding carboxylic acids is 2. The second kappa shape index (κ2) is 6.78. The lowest BCUT2D eigenvalue weighted by Crippen LogP contribution is -2.42. The van der Waals surface area contributed by atoms with Gasteiger partial charge in [-0.2, -0.15) is 0 Å². The van der Waals surface area contributed by atoms with Crippen molar-refractivity contribution in [1.29, 1.82) is 0 Å². The Morgan fingerprint density at radius 3 is 2.75 bits per heavy atom. The second-order valence-corrected chi connectivity index (χ2v) is 6.04. The molecule has 2 amide bonds. The molecule has 1 aromatic carbocycles. The standard InChI is InChI=1S/C18H21N3O3/c1-13-6-7-16(20-8-2-3-9-20)15(11-13)17(22)24-12-14-5-4-10-21(14)18(19)23/h2-3,6-9,11,14H,4-5,10,12H2,1H3,(H2,19,23)/t14-/m1/s1. The molecule has 0 spiro atoms. The van der Waals surface area contributed by atoms with Gasteiger partial charge in [-0.1, -0.05) is 11.6 Å². The predicted molar refractivity (Wildman–Crippen MR) is 90.1 cm³/mol. The number of nitrogens with two attached hydrogens (primary N) is 1. The van der Waals surface area contributed by atoms with Crippen LogP contribution in [0.15, 0.2) is 42.7 Å². The fraction of sp³-hybridized carbons (Fsp3) is 0.333. The smallest absolute Gasteiger partial charge is 0.340 e. The predicted octanol–water partition coefficient (Wildman–Crippen LogP) is 2.49. The van der Waals surface area contributed by atoms with Crippen molar-refractivity contribution in [3.8, 4) is 5.69 Å². The second-order valence-electron chi connectivity index (χ2n) is 6.04. The largest absolute Gasteiger partial charge is 0.460 e. The summed E-state index contributed by atoms with van der Waals surface area (Å²) in [5.41, 5.74) is 7.62. The molecule has 1 aromatic heterocycles. The van der Waals surface area contributed by atoms with Crippen molar-refractivity contribution in [3.05, 3.63) is 53.9 Å². The van der Waals surface area contributed by atoms with Crippen molar-refractivity contribution in [3.63, 3.8) is 0 Å². The van der Waals surface area contributed by atoms with Gasteiger partial charge in [0.2, 0.25) is 0 Å². The van der Waals surface area contributed by atoms with E-state index < -0.39 is 12.0 Å². The average molecular weight is 327 g/mol. The summed E-state index contributed by atoms with van der Waals surface area (Å²) < 4.78 is 7.36. The van der Waals surface area contributed by atoms with Crippen molar-refractivity contribution < 1.29 is 14.3 Å². The van der Waals surface area contributed by atoms with E-state index in [0.29, 0.717) is 12.1 Å². The van der Waals surface area contributed by atoms with Crippen LogP contribution in [0.5, 0.6) is 0 Å². The fourth-order valence-corrected chi connectivity index (χ4v) is 3.08. The third kappa shape index (κ3) is 3.27. The molecule has 0 unspecified atom stereocenters. The van der Waals surface area contributed by atoms with Crippen LogP contribution in [-0.4, -0.2) is 40.7 Å². The molecule has 2 heterocycles. The van der Waals surface area contributed by atoms with E-state index in [1.54, 1.807) is 4.90 Å². The minimum absolute atomic E-state index is 0.133. The number of amides is 2. The number of ether oxygens (including phenoxy) is 1. The maximum Gasteiger partial charge on any atom is 0.340 e. The van der Waals surface area contributed by atoms with E-state index in [2.05, 4.69) is 0 Å². The molecule has 0 saturated carbocycles. The van der Waals surface area contributed by atoms with Crippen molar-refractivity contribution in [2.45, 2.75) is 25.8 Å². The lowest BCUT2D eigenvalue weighted by atomic mass is 10.1. The average Bonchev–Trinajstić information content (AvgIpc) is 3.23. The topological polar surface area (TPSA) is 77.6 Å². The Hall–Kier alpha value is -2.76. The van der Waals surface area contributed by atoms with E-state index in [9.17, 15) is 9.59 Å². The van der Waals surface area contributed by atoms with Crippen LogP contribution in [0.3, 0.4) is 0 Å². The maximum absolute atomic E-state index is 12.6. The number of urea groups is 1. The SMILES string of the molecule is Cc1ccc(-n2cccc2)c(C(=O)OC[C@H]2CCCN2C(N)=O)c1. The van der Waals surface area contributed by atoms with E-state index in [1.807, 2.05) is 54.2 Å². The van der Waals surface area contributed by atoms with Gasteiger partial charge in [0.1, 0.15) is 6.61 Å². The quantitative estimate of drug-likeness (QED) is 0.876. The van der Waals surface area contributed by atoms with Gasteiger partial charge in [-0.15, -0.1) is 0 Å². The zero-order valence-corrected chi connectivity index (χ0v) is 13.6. The highest BCUT2D eigenvalue weighted by Crippen LogP contribution is 2.20. The molecular weight excluding hydrogens is 306 g/mol. The van der Waals surface area contributed by atoms with Gasteiger partial charge in [-0.3, -0.25) is 0 Å². The Labute approximate surface area is 140 Å². The Morgan fingerprint density at radius 2 is 2.04 bits per heavy atom. The number of nitrogens with zero attached hydrogens (tertiary/aromatic N) is 2. The van der Waals surface area contributed by atoms with Crippen LogP contribution in [0.25, 0.3) is 5.69 Å². The monoisotopic (exact) mass is 327 g/mol. The Morgan fingerprint density at radius 1 is 1.29 bits per heavy atom. The van der Waals surface area contributed by atoms with Crippen LogP contribution in [0.1, 0.15) is 28.8 Å². The van der Waals surface area contributed by atoms with Crippen molar-refractivity contribution in [1.82, 2.24) is 9.47 Å². The highest BCUT2D eigenvalue weighted by molar-refractivity contribution is 5.93. The number of carbonyl (C=O) groups is 2. The zero-order valence-electron chi connectivity index (χ0n) is 13.6. The summed E-state index contributed by atoms with van der Waals surface area (Å²) >= 11 is 0. The number of hydrogen-bond acceptors (Lipinski definition) is 3. The highest BCUT2D eigenvalue weighted by atomic mass is 16.5. The summed E-state index contributed by atoms with van der Waals surface area (Å²) in [7, 11) is 0. The first-order valence-corrected chi connectivity index (χ1v) is 8.03. The molecule has 1 atom stereocenters. The summed E-state index contributed by atoms with van der Waals surface area (Å²) in [5.74, 6) is -0.390. The fourth-order valence-electron chi connectivity index (χ4n) is 3.08. The number of esters is 1. The van der Waals surface area contributed by atoms with Crippen LogP contribution in [-0.2, 0) is 4.74 Å². The van der Waals surface area contributed by atoms with Gasteiger partial charge in [-0.05, 0) is 44.0 Å². The first-order valence-electron chi connectivity index (χ1n) is 8.03. The minimum Gasteiger partial charge on any atom is -0.460 e. The maximum atomic E-state index is 12.6. The van der Waals surface area contributed by atoms with Crippen LogP contribution >= 0.6 is 0 Å². The van der Waals surface area contributed by atoms with Crippen LogP contribution in [0, 0.1) is 6.92 Å². The molecule has 2 aromatic rings. The van der Waals surface area contributed by atoms with Crippen molar-refractivity contribution in [2.24, 2.45) is 5.73 Å². The first-order chi connectivity index (χ1) is 11.6. The molecule has 0 aliphatic carbocycles. The van der Waals surface area contributed by atoms with E-state index in [4.69, 9.17) is 10.5 Å². The van der Waals surface area contributed by atoms with E-state index in [0.717, 1.165) is 24.1 Å². The Kier molecular flexibility index (Phi) is 4.55. The van der Waals surface area contributed by atoms with Crippen molar-refractivity contribution in [2.75, 3.05) is 13.2 Å². The lowest BCUT2D eigenvalue weighted by Gasteiger charge is -2.22. The number of aromatic nitrogens is 1. The number of likely N-dealkylation sites (tertiary alicyclic amines) is 1. The molecule has 1 saturated heterocycles. The molecule has 6 nitrogen and oxygen atoms in total. The van der Waals surface area contributed by atoms with Gasteiger partial charge in [0, 0.05) is 18.9 Å². The zero-order chi connectivity index (χ0) is 17.1. The number of primary amides is 1. The van der Waals surface area contributed by atoms with E-state index in [1.165, 1.54) is 0 Å². The molecule has 2 N–H and O–H groups in total. The number of aryl methyl sites for hydroxylation is 1. The minimum atomic E-state index is -0.461. The van der Waals surface area contributed by atoms with E-state index in [-0.39, 0.29) is 12.6 Å². The number of hydrogen-bond donors (Lipinski definition) is 1. The van der Waals surface area contributed by atoms with Crippen LogP contribution in [0.2, 0.25) is 0 Å². The highest BCUT2D eigenvalue weighted by Gasteiger charge is 2.28. The summed E-state index contributed by atoms with van der Waals surface area (Å²) in [5, 5.41) is 0. The summed E-state index contributed by atoms with van der Waals surface area (Å²) in [4.78, 5) is 25.5. The summed E-state index contributed by atoms with van der Waals surface area (Å²) in [6, 6.07) is 8.88. The van der Waals surface area contributed by atoms with Crippen molar-refractivity contribution >= 4 is 12.0 Å². The lowest BCUT2D eigenvalue weighted by molar-refractivity contribution is 0.0422. The summed E-state index contributed by atoms with van der Waals surface area (Å²) in [6.45, 7) is 2.72. The molecule has 3 rings (SSSR count). The number of benzene rings is 1. The molecule has 6 heteroatoms. The van der Waals surface area contributed by atoms with Gasteiger partial charge in [0.05, 0.1) is 17.3 Å². The molecule has 126 valence electrons. The van der Waals surface area contributed by atoms with Gasteiger partial charge in [0.25, 0.3) is 0 Å². The molecule has 0 radical (unpaired) electrons. The first kappa shape index (κ1) is 16.1. The normalized spacial score (nSPS) is 17.0. The Balaban J connectivity index is 1.76. The van der Waals surface area contributed by atoms with E-state index >= 15 is 0 Å². The van der Waals surface area contributed by atoms with Crippen LogP contribution < -0.4 is 5.73 Å². The van der Waals surface area contributed by atoms with Gasteiger partial charge in [-0.25, -0.2) is 9.59 Å². The Bertz CT molecular complexity index is 740. The molecule has 1 aliphatic rings. The third-order valence-corrected chi connectivity index (χ3v) is 4.32. The van der Waals surface area contributed by atoms with Gasteiger partial charge >= 0.3 is 12.0 Å². The molecule has 1 fully saturated rings.